The maximum Gasteiger partial charge on any atom is 0.319 e. The van der Waals surface area contributed by atoms with Crippen LogP contribution in [0.4, 0.5) is 4.79 Å². The lowest BCUT2D eigenvalue weighted by atomic mass is 9.78. The molecule has 0 spiro atoms. The van der Waals surface area contributed by atoms with Crippen molar-refractivity contribution in [1.29, 1.82) is 0 Å². The molecule has 0 aromatic heterocycles. The number of aliphatic carboxylic acids is 1. The van der Waals surface area contributed by atoms with Crippen LogP contribution in [0.5, 0.6) is 0 Å². The Kier molecular flexibility index (Phi) is 5.97. The Balaban J connectivity index is 2.68. The third kappa shape index (κ3) is 3.78. The topological polar surface area (TPSA) is 60.9 Å². The highest BCUT2D eigenvalue weighted by molar-refractivity contribution is 7.98. The maximum atomic E-state index is 12.3. The summed E-state index contributed by atoms with van der Waals surface area (Å²) in [4.78, 5) is 27.1. The summed E-state index contributed by atoms with van der Waals surface area (Å²) in [5, 5.41) is 9.41. The highest BCUT2D eigenvalue weighted by Gasteiger charge is 2.42. The van der Waals surface area contributed by atoms with Crippen molar-refractivity contribution >= 4 is 23.8 Å². The Labute approximate surface area is 119 Å². The van der Waals surface area contributed by atoms with Gasteiger partial charge in [0, 0.05) is 32.4 Å². The summed E-state index contributed by atoms with van der Waals surface area (Å²) >= 11 is 1.70. The maximum absolute atomic E-state index is 12.3. The molecule has 1 saturated heterocycles. The summed E-state index contributed by atoms with van der Waals surface area (Å²) in [6.07, 6.45) is 4.01. The molecular weight excluding hydrogens is 264 g/mol. The van der Waals surface area contributed by atoms with Crippen molar-refractivity contribution in [3.8, 4) is 0 Å². The molecule has 0 aromatic carbocycles. The molecule has 2 amide bonds. The highest BCUT2D eigenvalue weighted by atomic mass is 32.2. The van der Waals surface area contributed by atoms with Crippen LogP contribution >= 0.6 is 11.8 Å². The van der Waals surface area contributed by atoms with E-state index in [1.54, 1.807) is 28.6 Å². The second kappa shape index (κ2) is 7.03. The number of thioether (sulfide) groups is 1. The van der Waals surface area contributed by atoms with Crippen LogP contribution in [0.15, 0.2) is 0 Å². The zero-order valence-electron chi connectivity index (χ0n) is 12.0. The van der Waals surface area contributed by atoms with Crippen LogP contribution in [0.3, 0.4) is 0 Å². The van der Waals surface area contributed by atoms with Gasteiger partial charge in [-0.2, -0.15) is 11.8 Å². The van der Waals surface area contributed by atoms with Crippen molar-refractivity contribution in [2.24, 2.45) is 5.41 Å². The van der Waals surface area contributed by atoms with E-state index in [9.17, 15) is 14.7 Å². The van der Waals surface area contributed by atoms with Crippen LogP contribution in [-0.2, 0) is 4.79 Å². The van der Waals surface area contributed by atoms with E-state index < -0.39 is 11.4 Å². The van der Waals surface area contributed by atoms with Gasteiger partial charge in [0.15, 0.2) is 0 Å². The van der Waals surface area contributed by atoms with Gasteiger partial charge in [0.2, 0.25) is 0 Å². The second-order valence-electron chi connectivity index (χ2n) is 5.16. The Hall–Kier alpha value is -0.910. The predicted molar refractivity (Wildman–Crippen MR) is 77.6 cm³/mol. The third-order valence-electron chi connectivity index (χ3n) is 3.94. The lowest BCUT2D eigenvalue weighted by Gasteiger charge is -2.40. The minimum atomic E-state index is -0.778. The average molecular weight is 288 g/mol. The zero-order valence-corrected chi connectivity index (χ0v) is 12.8. The lowest BCUT2D eigenvalue weighted by molar-refractivity contribution is -0.152. The SMILES string of the molecule is CCC1(C(=O)O)CCCN(C(=O)N(C)CCSC)C1. The van der Waals surface area contributed by atoms with E-state index in [2.05, 4.69) is 0 Å². The predicted octanol–water partition coefficient (Wildman–Crippen LogP) is 1.98. The summed E-state index contributed by atoms with van der Waals surface area (Å²) in [5.74, 6) is 0.118. The Morgan fingerprint density at radius 3 is 2.68 bits per heavy atom. The Morgan fingerprint density at radius 1 is 1.47 bits per heavy atom. The van der Waals surface area contributed by atoms with Crippen molar-refractivity contribution < 1.29 is 14.7 Å². The monoisotopic (exact) mass is 288 g/mol. The molecule has 0 aromatic rings. The fraction of sp³-hybridized carbons (Fsp3) is 0.846. The number of carbonyl (C=O) groups excluding carboxylic acids is 1. The normalized spacial score (nSPS) is 23.2. The van der Waals surface area contributed by atoms with Crippen molar-refractivity contribution in [2.45, 2.75) is 26.2 Å². The molecule has 1 rings (SSSR count). The molecule has 1 aliphatic rings. The summed E-state index contributed by atoms with van der Waals surface area (Å²) in [5.41, 5.74) is -0.756. The van der Waals surface area contributed by atoms with E-state index in [1.807, 2.05) is 13.2 Å². The number of carboxylic acid groups (broad SMARTS) is 1. The largest absolute Gasteiger partial charge is 0.481 e. The minimum Gasteiger partial charge on any atom is -0.481 e. The molecule has 19 heavy (non-hydrogen) atoms. The molecule has 5 nitrogen and oxygen atoms in total. The first-order chi connectivity index (χ1) is 8.96. The zero-order chi connectivity index (χ0) is 14.5. The molecular formula is C13H24N2O3S. The number of carboxylic acids is 1. The summed E-state index contributed by atoms with van der Waals surface area (Å²) in [6.45, 7) is 3.58. The standard InChI is InChI=1S/C13H24N2O3S/c1-4-13(11(16)17)6-5-7-15(10-13)12(18)14(2)8-9-19-3/h4-10H2,1-3H3,(H,16,17). The number of nitrogens with zero attached hydrogens (tertiary/aromatic N) is 2. The average Bonchev–Trinajstić information content (AvgIpc) is 2.43. The van der Waals surface area contributed by atoms with Crippen LogP contribution in [-0.4, -0.2) is 65.6 Å². The van der Waals surface area contributed by atoms with Gasteiger partial charge in [0.1, 0.15) is 0 Å². The fourth-order valence-corrected chi connectivity index (χ4v) is 2.93. The molecule has 1 aliphatic heterocycles. The molecule has 0 aliphatic carbocycles. The van der Waals surface area contributed by atoms with Crippen LogP contribution in [0.1, 0.15) is 26.2 Å². The molecule has 0 radical (unpaired) electrons. The van der Waals surface area contributed by atoms with Crippen molar-refractivity contribution in [3.63, 3.8) is 0 Å². The Morgan fingerprint density at radius 2 is 2.16 bits per heavy atom. The van der Waals surface area contributed by atoms with Gasteiger partial charge in [0.05, 0.1) is 5.41 Å². The first-order valence-corrected chi connectivity index (χ1v) is 8.08. The van der Waals surface area contributed by atoms with Gasteiger partial charge >= 0.3 is 12.0 Å². The van der Waals surface area contributed by atoms with Gasteiger partial charge < -0.3 is 14.9 Å². The van der Waals surface area contributed by atoms with Gasteiger partial charge in [-0.25, -0.2) is 4.79 Å². The fourth-order valence-electron chi connectivity index (χ4n) is 2.47. The number of hydrogen-bond acceptors (Lipinski definition) is 3. The number of likely N-dealkylation sites (tertiary alicyclic amines) is 1. The summed E-state index contributed by atoms with van der Waals surface area (Å²) in [6, 6.07) is -0.0483. The van der Waals surface area contributed by atoms with E-state index in [4.69, 9.17) is 0 Å². The molecule has 0 saturated carbocycles. The number of piperidine rings is 1. The van der Waals surface area contributed by atoms with Gasteiger partial charge in [-0.3, -0.25) is 4.79 Å². The summed E-state index contributed by atoms with van der Waals surface area (Å²) in [7, 11) is 1.78. The highest BCUT2D eigenvalue weighted by Crippen LogP contribution is 2.33. The van der Waals surface area contributed by atoms with Crippen molar-refractivity contribution in [3.05, 3.63) is 0 Å². The van der Waals surface area contributed by atoms with Crippen LogP contribution in [0.2, 0.25) is 0 Å². The molecule has 1 N–H and O–H groups in total. The number of carbonyl (C=O) groups is 2. The smallest absolute Gasteiger partial charge is 0.319 e. The number of amides is 2. The van der Waals surface area contributed by atoms with Crippen LogP contribution < -0.4 is 0 Å². The molecule has 110 valence electrons. The number of urea groups is 1. The molecule has 1 heterocycles. The van der Waals surface area contributed by atoms with Crippen LogP contribution in [0, 0.1) is 5.41 Å². The van der Waals surface area contributed by atoms with E-state index in [1.165, 1.54) is 0 Å². The van der Waals surface area contributed by atoms with Crippen molar-refractivity contribution in [2.75, 3.05) is 38.7 Å². The lowest BCUT2D eigenvalue weighted by Crippen LogP contribution is -2.53. The number of rotatable bonds is 5. The quantitative estimate of drug-likeness (QED) is 0.840. The second-order valence-corrected chi connectivity index (χ2v) is 6.15. The first-order valence-electron chi connectivity index (χ1n) is 6.69. The van der Waals surface area contributed by atoms with Gasteiger partial charge in [-0.1, -0.05) is 6.92 Å². The molecule has 1 atom stereocenters. The first kappa shape index (κ1) is 16.1. The van der Waals surface area contributed by atoms with E-state index >= 15 is 0 Å². The van der Waals surface area contributed by atoms with Crippen molar-refractivity contribution in [1.82, 2.24) is 9.80 Å². The molecule has 6 heteroatoms. The minimum absolute atomic E-state index is 0.0483. The summed E-state index contributed by atoms with van der Waals surface area (Å²) < 4.78 is 0. The van der Waals surface area contributed by atoms with Gasteiger partial charge in [-0.05, 0) is 25.5 Å². The van der Waals surface area contributed by atoms with Gasteiger partial charge in [0.25, 0.3) is 0 Å². The van der Waals surface area contributed by atoms with E-state index in [-0.39, 0.29) is 6.03 Å². The third-order valence-corrected chi connectivity index (χ3v) is 4.53. The van der Waals surface area contributed by atoms with Gasteiger partial charge in [-0.15, -0.1) is 0 Å². The molecule has 1 fully saturated rings. The number of hydrogen-bond donors (Lipinski definition) is 1. The molecule has 0 bridgehead atoms. The van der Waals surface area contributed by atoms with Crippen LogP contribution in [0.25, 0.3) is 0 Å². The van der Waals surface area contributed by atoms with E-state index in [0.29, 0.717) is 32.5 Å². The van der Waals surface area contributed by atoms with E-state index in [0.717, 1.165) is 12.2 Å². The molecule has 1 unspecified atom stereocenters. The Bertz CT molecular complexity index is 338.